The first-order valence-electron chi connectivity index (χ1n) is 8.19. The van der Waals surface area contributed by atoms with Crippen molar-refractivity contribution in [1.82, 2.24) is 15.5 Å². The third-order valence-electron chi connectivity index (χ3n) is 4.28. The van der Waals surface area contributed by atoms with Crippen LogP contribution >= 0.6 is 11.8 Å². The summed E-state index contributed by atoms with van der Waals surface area (Å²) < 4.78 is 0.238. The van der Waals surface area contributed by atoms with Crippen molar-refractivity contribution < 1.29 is 0 Å². The van der Waals surface area contributed by atoms with Crippen LogP contribution in [-0.4, -0.2) is 61.6 Å². The van der Waals surface area contributed by atoms with Gasteiger partial charge in [0.25, 0.3) is 0 Å². The molecule has 1 rings (SSSR count). The average molecular weight is 315 g/mol. The van der Waals surface area contributed by atoms with Crippen LogP contribution in [-0.2, 0) is 0 Å². The maximum absolute atomic E-state index is 4.29. The molecule has 0 radical (unpaired) electrons. The van der Waals surface area contributed by atoms with Crippen LogP contribution in [0, 0.1) is 5.92 Å². The summed E-state index contributed by atoms with van der Waals surface area (Å²) in [5.41, 5.74) is 0. The van der Waals surface area contributed by atoms with Gasteiger partial charge in [-0.3, -0.25) is 4.99 Å². The van der Waals surface area contributed by atoms with Gasteiger partial charge in [0.1, 0.15) is 0 Å². The Morgan fingerprint density at radius 3 is 2.52 bits per heavy atom. The van der Waals surface area contributed by atoms with Gasteiger partial charge in [-0.15, -0.1) is 0 Å². The number of hydrogen-bond donors (Lipinski definition) is 2. The first-order valence-corrected chi connectivity index (χ1v) is 9.41. The van der Waals surface area contributed by atoms with E-state index >= 15 is 0 Å². The van der Waals surface area contributed by atoms with Gasteiger partial charge in [-0.1, -0.05) is 6.92 Å². The van der Waals surface area contributed by atoms with Crippen LogP contribution < -0.4 is 10.6 Å². The molecule has 0 bridgehead atoms. The molecular formula is C16H34N4S. The van der Waals surface area contributed by atoms with E-state index in [-0.39, 0.29) is 4.75 Å². The minimum Gasteiger partial charge on any atom is -0.356 e. The highest BCUT2D eigenvalue weighted by Gasteiger charge is 2.16. The number of nitrogens with zero attached hydrogens (tertiary/aromatic N) is 2. The van der Waals surface area contributed by atoms with Gasteiger partial charge >= 0.3 is 0 Å². The molecule has 124 valence electrons. The molecule has 0 saturated carbocycles. The van der Waals surface area contributed by atoms with Crippen molar-refractivity contribution in [2.24, 2.45) is 10.9 Å². The number of guanidine groups is 1. The predicted octanol–water partition coefficient (Wildman–Crippen LogP) is 2.42. The topological polar surface area (TPSA) is 39.7 Å². The van der Waals surface area contributed by atoms with Crippen LogP contribution in [0.15, 0.2) is 4.99 Å². The standard InChI is InChI=1S/C16H34N4S/c1-14-7-11-20(12-8-14)10-6-9-18-15(17-4)19-13-16(2,3)21-5/h14H,6-13H2,1-5H3,(H2,17,18,19). The minimum absolute atomic E-state index is 0.238. The van der Waals surface area contributed by atoms with Crippen LogP contribution in [0.3, 0.4) is 0 Å². The summed E-state index contributed by atoms with van der Waals surface area (Å²) >= 11 is 1.87. The van der Waals surface area contributed by atoms with Crippen LogP contribution in [0.1, 0.15) is 40.0 Å². The van der Waals surface area contributed by atoms with Crippen molar-refractivity contribution in [2.75, 3.05) is 46.0 Å². The lowest BCUT2D eigenvalue weighted by molar-refractivity contribution is 0.191. The first-order chi connectivity index (χ1) is 9.96. The molecule has 1 aliphatic rings. The Morgan fingerprint density at radius 1 is 1.29 bits per heavy atom. The summed E-state index contributed by atoms with van der Waals surface area (Å²) in [5.74, 6) is 1.84. The number of nitrogens with one attached hydrogen (secondary N) is 2. The summed E-state index contributed by atoms with van der Waals surface area (Å²) in [6, 6.07) is 0. The highest BCUT2D eigenvalue weighted by atomic mass is 32.2. The smallest absolute Gasteiger partial charge is 0.191 e. The molecule has 21 heavy (non-hydrogen) atoms. The molecule has 0 amide bonds. The SMILES string of the molecule is CN=C(NCCCN1CCC(C)CC1)NCC(C)(C)SC. The number of likely N-dealkylation sites (tertiary alicyclic amines) is 1. The molecule has 0 aliphatic carbocycles. The molecule has 1 heterocycles. The van der Waals surface area contributed by atoms with Gasteiger partial charge in [-0.05, 0) is 64.9 Å². The highest BCUT2D eigenvalue weighted by Crippen LogP contribution is 2.19. The van der Waals surface area contributed by atoms with Crippen molar-refractivity contribution in [3.05, 3.63) is 0 Å². The fraction of sp³-hybridized carbons (Fsp3) is 0.938. The fourth-order valence-electron chi connectivity index (χ4n) is 2.38. The Kier molecular flexibility index (Phi) is 8.49. The lowest BCUT2D eigenvalue weighted by atomic mass is 9.99. The van der Waals surface area contributed by atoms with Gasteiger partial charge < -0.3 is 15.5 Å². The second-order valence-electron chi connectivity index (χ2n) is 6.69. The predicted molar refractivity (Wildman–Crippen MR) is 96.4 cm³/mol. The van der Waals surface area contributed by atoms with E-state index < -0.39 is 0 Å². The fourth-order valence-corrected chi connectivity index (χ4v) is 2.60. The number of hydrogen-bond acceptors (Lipinski definition) is 3. The summed E-state index contributed by atoms with van der Waals surface area (Å²) in [5, 5.41) is 6.83. The monoisotopic (exact) mass is 314 g/mol. The van der Waals surface area contributed by atoms with Crippen molar-refractivity contribution in [3.8, 4) is 0 Å². The molecule has 0 unspecified atom stereocenters. The highest BCUT2D eigenvalue weighted by molar-refractivity contribution is 7.99. The molecule has 0 aromatic rings. The second-order valence-corrected chi connectivity index (χ2v) is 8.21. The van der Waals surface area contributed by atoms with Crippen molar-refractivity contribution >= 4 is 17.7 Å². The minimum atomic E-state index is 0.238. The Hall–Kier alpha value is -0.420. The molecule has 0 atom stereocenters. The zero-order chi connectivity index (χ0) is 15.7. The lowest BCUT2D eigenvalue weighted by Crippen LogP contribution is -2.44. The van der Waals surface area contributed by atoms with E-state index in [2.05, 4.69) is 47.6 Å². The van der Waals surface area contributed by atoms with Crippen molar-refractivity contribution in [2.45, 2.75) is 44.8 Å². The zero-order valence-corrected chi connectivity index (χ0v) is 15.4. The normalized spacial score (nSPS) is 18.8. The third kappa shape index (κ3) is 7.96. The molecule has 0 aromatic heterocycles. The quantitative estimate of drug-likeness (QED) is 0.430. The number of rotatable bonds is 7. The largest absolute Gasteiger partial charge is 0.356 e. The lowest BCUT2D eigenvalue weighted by Gasteiger charge is -2.30. The molecule has 0 spiro atoms. The zero-order valence-electron chi connectivity index (χ0n) is 14.5. The maximum Gasteiger partial charge on any atom is 0.191 e. The molecule has 0 aromatic carbocycles. The van der Waals surface area contributed by atoms with Crippen LogP contribution in [0.4, 0.5) is 0 Å². The molecule has 1 saturated heterocycles. The van der Waals surface area contributed by atoms with Crippen LogP contribution in [0.25, 0.3) is 0 Å². The number of piperidine rings is 1. The molecule has 1 fully saturated rings. The van der Waals surface area contributed by atoms with Crippen molar-refractivity contribution in [1.29, 1.82) is 0 Å². The van der Waals surface area contributed by atoms with Gasteiger partial charge in [0.15, 0.2) is 5.96 Å². The summed E-state index contributed by atoms with van der Waals surface area (Å²) in [6.07, 6.45) is 6.05. The number of aliphatic imine (C=N–C) groups is 1. The molecule has 2 N–H and O–H groups in total. The van der Waals surface area contributed by atoms with Gasteiger partial charge in [0.2, 0.25) is 0 Å². The summed E-state index contributed by atoms with van der Waals surface area (Å²) in [7, 11) is 1.84. The number of thioether (sulfide) groups is 1. The van der Waals surface area contributed by atoms with Gasteiger partial charge in [-0.25, -0.2) is 0 Å². The van der Waals surface area contributed by atoms with E-state index in [1.165, 1.54) is 38.9 Å². The molecule has 5 heteroatoms. The van der Waals surface area contributed by atoms with E-state index in [0.717, 1.165) is 25.0 Å². The molecule has 4 nitrogen and oxygen atoms in total. The summed E-state index contributed by atoms with van der Waals surface area (Å²) in [6.45, 7) is 12.5. The van der Waals surface area contributed by atoms with Gasteiger partial charge in [0, 0.05) is 24.9 Å². The van der Waals surface area contributed by atoms with E-state index in [9.17, 15) is 0 Å². The summed E-state index contributed by atoms with van der Waals surface area (Å²) in [4.78, 5) is 6.88. The Morgan fingerprint density at radius 2 is 1.95 bits per heavy atom. The maximum atomic E-state index is 4.29. The van der Waals surface area contributed by atoms with Gasteiger partial charge in [-0.2, -0.15) is 11.8 Å². The van der Waals surface area contributed by atoms with Gasteiger partial charge in [0.05, 0.1) is 0 Å². The average Bonchev–Trinajstić information content (AvgIpc) is 2.48. The van der Waals surface area contributed by atoms with Crippen molar-refractivity contribution in [3.63, 3.8) is 0 Å². The van der Waals surface area contributed by atoms with Crippen LogP contribution in [0.2, 0.25) is 0 Å². The van der Waals surface area contributed by atoms with E-state index in [1.54, 1.807) is 0 Å². The Labute approximate surface area is 135 Å². The van der Waals surface area contributed by atoms with E-state index in [1.807, 2.05) is 18.8 Å². The third-order valence-corrected chi connectivity index (χ3v) is 5.53. The Balaban J connectivity index is 2.12. The molecule has 1 aliphatic heterocycles. The molecular weight excluding hydrogens is 280 g/mol. The van der Waals surface area contributed by atoms with E-state index in [4.69, 9.17) is 0 Å². The van der Waals surface area contributed by atoms with Crippen LogP contribution in [0.5, 0.6) is 0 Å². The Bertz CT molecular complexity index is 309. The first kappa shape index (κ1) is 18.6. The van der Waals surface area contributed by atoms with E-state index in [0.29, 0.717) is 0 Å². The second kappa shape index (κ2) is 9.57.